The van der Waals surface area contributed by atoms with Gasteiger partial charge in [0.1, 0.15) is 0 Å². The summed E-state index contributed by atoms with van der Waals surface area (Å²) in [6.07, 6.45) is 2.89. The predicted octanol–water partition coefficient (Wildman–Crippen LogP) is 5.50. The fourth-order valence-electron chi connectivity index (χ4n) is 3.86. The molecule has 0 atom stereocenters. The van der Waals surface area contributed by atoms with Crippen LogP contribution in [0.15, 0.2) is 42.5 Å². The first-order valence-electron chi connectivity index (χ1n) is 9.80. The highest BCUT2D eigenvalue weighted by molar-refractivity contribution is 6.17. The van der Waals surface area contributed by atoms with E-state index >= 15 is 0 Å². The first-order chi connectivity index (χ1) is 14.4. The number of nitrogens with two attached hydrogens (primary N) is 1. The molecule has 6 heteroatoms. The van der Waals surface area contributed by atoms with Crippen molar-refractivity contribution in [3.63, 3.8) is 0 Å². The van der Waals surface area contributed by atoms with E-state index in [1.165, 1.54) is 6.07 Å². The smallest absolute Gasteiger partial charge is 0.249 e. The summed E-state index contributed by atoms with van der Waals surface area (Å²) in [5.74, 6) is -4.53. The molecule has 1 heterocycles. The first kappa shape index (κ1) is 20.0. The lowest BCUT2D eigenvalue weighted by molar-refractivity contribution is 0.100. The third-order valence-corrected chi connectivity index (χ3v) is 5.38. The summed E-state index contributed by atoms with van der Waals surface area (Å²) in [4.78, 5) is 12.0. The molecule has 0 spiro atoms. The van der Waals surface area contributed by atoms with Crippen molar-refractivity contribution in [3.05, 3.63) is 82.7 Å². The van der Waals surface area contributed by atoms with Crippen LogP contribution < -0.4 is 5.73 Å². The number of benzene rings is 3. The van der Waals surface area contributed by atoms with Crippen molar-refractivity contribution in [1.82, 2.24) is 4.57 Å². The molecule has 0 bridgehead atoms. The van der Waals surface area contributed by atoms with Crippen molar-refractivity contribution in [2.75, 3.05) is 0 Å². The summed E-state index contributed by atoms with van der Waals surface area (Å²) in [6, 6.07) is 14.4. The lowest BCUT2D eigenvalue weighted by Crippen LogP contribution is -2.11. The van der Waals surface area contributed by atoms with Crippen LogP contribution in [0.4, 0.5) is 13.2 Å². The van der Waals surface area contributed by atoms with Gasteiger partial charge in [0.15, 0.2) is 17.5 Å². The fourth-order valence-corrected chi connectivity index (χ4v) is 3.86. The van der Waals surface area contributed by atoms with Gasteiger partial charge < -0.3 is 10.3 Å². The molecule has 2 N–H and O–H groups in total. The average molecular weight is 409 g/mol. The molecule has 1 radical (unpaired) electrons. The summed E-state index contributed by atoms with van der Waals surface area (Å²) in [6.45, 7) is 2.07. The maximum Gasteiger partial charge on any atom is 0.249 e. The second-order valence-corrected chi connectivity index (χ2v) is 7.36. The van der Waals surface area contributed by atoms with E-state index in [2.05, 4.69) is 13.0 Å². The van der Waals surface area contributed by atoms with Gasteiger partial charge in [0, 0.05) is 21.9 Å². The number of hydrogen-bond acceptors (Lipinski definition) is 1. The zero-order chi connectivity index (χ0) is 21.4. The molecule has 1 amide bonds. The van der Waals surface area contributed by atoms with Gasteiger partial charge in [-0.05, 0) is 48.7 Å². The highest BCUT2D eigenvalue weighted by atomic mass is 19.2. The highest BCUT2D eigenvalue weighted by Gasteiger charge is 2.19. The summed E-state index contributed by atoms with van der Waals surface area (Å²) in [7, 11) is 0. The Morgan fingerprint density at radius 2 is 1.90 bits per heavy atom. The lowest BCUT2D eigenvalue weighted by Gasteiger charge is -2.10. The van der Waals surface area contributed by atoms with Crippen LogP contribution in [-0.4, -0.2) is 10.5 Å². The number of unbranched alkanes of at least 4 members (excludes halogenated alkanes) is 1. The number of rotatable bonds is 6. The van der Waals surface area contributed by atoms with E-state index in [4.69, 9.17) is 5.73 Å². The van der Waals surface area contributed by atoms with Gasteiger partial charge in [0.05, 0.1) is 17.6 Å². The standard InChI is InChI=1S/C24H20F3N2O/c1-2-3-5-14-8-10-16-20(12-14)29(13-15-9-11-18(25)23(27)22(15)26)19-7-4-6-17(21(16)19)24(28)30/h4,6-9,11-12H,2-3,5,13H2,1H3,(H2,28,30). The molecule has 0 aliphatic heterocycles. The van der Waals surface area contributed by atoms with Crippen molar-refractivity contribution in [3.8, 4) is 0 Å². The molecule has 0 aliphatic carbocycles. The largest absolute Gasteiger partial charge is 0.366 e. The van der Waals surface area contributed by atoms with E-state index in [-0.39, 0.29) is 12.1 Å². The van der Waals surface area contributed by atoms with Crippen LogP contribution in [0.1, 0.15) is 41.3 Å². The Labute approximate surface area is 171 Å². The highest BCUT2D eigenvalue weighted by Crippen LogP contribution is 2.33. The van der Waals surface area contributed by atoms with Crippen molar-refractivity contribution in [2.24, 2.45) is 5.73 Å². The van der Waals surface area contributed by atoms with Gasteiger partial charge in [-0.2, -0.15) is 0 Å². The third kappa shape index (κ3) is 3.32. The predicted molar refractivity (Wildman–Crippen MR) is 111 cm³/mol. The Morgan fingerprint density at radius 3 is 2.63 bits per heavy atom. The Bertz CT molecular complexity index is 1280. The topological polar surface area (TPSA) is 48.0 Å². The second kappa shape index (κ2) is 7.86. The van der Waals surface area contributed by atoms with Gasteiger partial charge in [-0.25, -0.2) is 13.2 Å². The maximum absolute atomic E-state index is 14.4. The summed E-state index contributed by atoms with van der Waals surface area (Å²) in [5.41, 5.74) is 8.35. The molecule has 0 fully saturated rings. The SMILES string of the molecule is CCCCc1c[c]c2c3c(C(N)=O)cccc3n(Cc3ccc(F)c(F)c3F)c2c1. The molecule has 3 aromatic carbocycles. The Balaban J connectivity index is 1.99. The molecule has 0 saturated carbocycles. The summed E-state index contributed by atoms with van der Waals surface area (Å²) in [5, 5.41) is 1.30. The molecular formula is C24H20F3N2O. The number of primary amides is 1. The van der Waals surface area contributed by atoms with E-state index in [9.17, 15) is 18.0 Å². The van der Waals surface area contributed by atoms with Gasteiger partial charge in [-0.1, -0.05) is 31.5 Å². The van der Waals surface area contributed by atoms with E-state index in [0.29, 0.717) is 21.9 Å². The fraction of sp³-hybridized carbons (Fsp3) is 0.208. The number of fused-ring (bicyclic) bond motifs is 3. The van der Waals surface area contributed by atoms with Crippen molar-refractivity contribution in [1.29, 1.82) is 0 Å². The first-order valence-corrected chi connectivity index (χ1v) is 9.80. The Morgan fingerprint density at radius 1 is 1.10 bits per heavy atom. The number of aromatic nitrogens is 1. The maximum atomic E-state index is 14.4. The second-order valence-electron chi connectivity index (χ2n) is 7.36. The number of halogens is 3. The number of aryl methyl sites for hydroxylation is 1. The van der Waals surface area contributed by atoms with Gasteiger partial charge in [0.2, 0.25) is 5.91 Å². The van der Waals surface area contributed by atoms with Crippen LogP contribution in [0, 0.1) is 23.5 Å². The number of nitrogens with zero attached hydrogens (tertiary/aromatic N) is 1. The average Bonchev–Trinajstić information content (AvgIpc) is 3.05. The van der Waals surface area contributed by atoms with Crippen LogP contribution >= 0.6 is 0 Å². The number of hydrogen-bond donors (Lipinski definition) is 1. The summed E-state index contributed by atoms with van der Waals surface area (Å²) < 4.78 is 43.4. The summed E-state index contributed by atoms with van der Waals surface area (Å²) >= 11 is 0. The zero-order valence-corrected chi connectivity index (χ0v) is 16.4. The molecule has 3 nitrogen and oxygen atoms in total. The van der Waals surface area contributed by atoms with Gasteiger partial charge in [0.25, 0.3) is 0 Å². The zero-order valence-electron chi connectivity index (χ0n) is 16.4. The minimum atomic E-state index is -1.50. The number of amides is 1. The monoisotopic (exact) mass is 409 g/mol. The van der Waals surface area contributed by atoms with E-state index in [0.717, 1.165) is 36.4 Å². The lowest BCUT2D eigenvalue weighted by atomic mass is 10.0. The van der Waals surface area contributed by atoms with Gasteiger partial charge in [-0.3, -0.25) is 4.79 Å². The van der Waals surface area contributed by atoms with Crippen LogP contribution in [-0.2, 0) is 13.0 Å². The van der Waals surface area contributed by atoms with Crippen LogP contribution in [0.25, 0.3) is 21.8 Å². The van der Waals surface area contributed by atoms with E-state index < -0.39 is 23.4 Å². The Kier molecular flexibility index (Phi) is 5.24. The van der Waals surface area contributed by atoms with Gasteiger partial charge >= 0.3 is 0 Å². The van der Waals surface area contributed by atoms with E-state index in [1.807, 2.05) is 12.1 Å². The number of carbonyl (C=O) groups excluding carboxylic acids is 1. The minimum Gasteiger partial charge on any atom is -0.366 e. The number of carbonyl (C=O) groups is 1. The normalized spacial score (nSPS) is 11.5. The van der Waals surface area contributed by atoms with Crippen LogP contribution in [0.2, 0.25) is 0 Å². The van der Waals surface area contributed by atoms with Crippen LogP contribution in [0.3, 0.4) is 0 Å². The van der Waals surface area contributed by atoms with Crippen LogP contribution in [0.5, 0.6) is 0 Å². The van der Waals surface area contributed by atoms with E-state index in [1.54, 1.807) is 22.8 Å². The molecule has 4 rings (SSSR count). The molecule has 0 saturated heterocycles. The van der Waals surface area contributed by atoms with Gasteiger partial charge in [-0.15, -0.1) is 0 Å². The molecule has 153 valence electrons. The molecule has 30 heavy (non-hydrogen) atoms. The third-order valence-electron chi connectivity index (χ3n) is 5.38. The minimum absolute atomic E-state index is 0.0103. The van der Waals surface area contributed by atoms with Crippen molar-refractivity contribution < 1.29 is 18.0 Å². The molecular weight excluding hydrogens is 389 g/mol. The molecule has 1 aromatic heterocycles. The Hall–Kier alpha value is -3.28. The van der Waals surface area contributed by atoms with Crippen molar-refractivity contribution >= 4 is 27.7 Å². The molecule has 0 aliphatic rings. The molecule has 4 aromatic rings. The van der Waals surface area contributed by atoms with Crippen molar-refractivity contribution in [2.45, 2.75) is 32.7 Å². The molecule has 0 unspecified atom stereocenters. The quantitative estimate of drug-likeness (QED) is 0.420.